The summed E-state index contributed by atoms with van der Waals surface area (Å²) in [5, 5.41) is 0. The van der Waals surface area contributed by atoms with E-state index >= 15 is 0 Å². The van der Waals surface area contributed by atoms with Gasteiger partial charge in [0.25, 0.3) is 0 Å². The Hall–Kier alpha value is -1.59. The molecule has 1 unspecified atom stereocenters. The molecule has 1 aromatic rings. The Morgan fingerprint density at radius 1 is 1.38 bits per heavy atom. The summed E-state index contributed by atoms with van der Waals surface area (Å²) in [6.45, 7) is 4.20. The van der Waals surface area contributed by atoms with Crippen LogP contribution in [0.1, 0.15) is 24.0 Å². The van der Waals surface area contributed by atoms with E-state index in [-0.39, 0.29) is 0 Å². The van der Waals surface area contributed by atoms with Gasteiger partial charge in [-0.1, -0.05) is 6.07 Å². The summed E-state index contributed by atoms with van der Waals surface area (Å²) in [6, 6.07) is 6.64. The van der Waals surface area contributed by atoms with Crippen LogP contribution in [0.4, 0.5) is 0 Å². The highest BCUT2D eigenvalue weighted by Gasteiger charge is 2.35. The lowest BCUT2D eigenvalue weighted by Crippen LogP contribution is -2.50. The minimum Gasteiger partial charge on any atom is -0.496 e. The molecule has 2 saturated heterocycles. The Morgan fingerprint density at radius 3 is 3.00 bits per heavy atom. The van der Waals surface area contributed by atoms with Crippen molar-refractivity contribution in [2.75, 3.05) is 26.7 Å². The van der Waals surface area contributed by atoms with Crippen molar-refractivity contribution in [1.29, 1.82) is 0 Å². The molecule has 1 atom stereocenters. The Kier molecular flexibility index (Phi) is 4.12. The average Bonchev–Trinajstić information content (AvgIpc) is 2.88. The fourth-order valence-electron chi connectivity index (χ4n) is 3.42. The molecule has 0 saturated carbocycles. The molecule has 0 bridgehead atoms. The molecular formula is C16H23N3O2. The lowest BCUT2D eigenvalue weighted by molar-refractivity contribution is -0.130. The Balaban J connectivity index is 1.66. The van der Waals surface area contributed by atoms with E-state index in [4.69, 9.17) is 10.5 Å². The molecule has 2 heterocycles. The third-order valence-corrected chi connectivity index (χ3v) is 4.55. The molecule has 0 aromatic heterocycles. The van der Waals surface area contributed by atoms with Gasteiger partial charge in [-0.25, -0.2) is 0 Å². The fourth-order valence-corrected chi connectivity index (χ4v) is 3.42. The van der Waals surface area contributed by atoms with Gasteiger partial charge in [0.2, 0.25) is 5.91 Å². The second-order valence-electron chi connectivity index (χ2n) is 5.87. The number of carbonyl (C=O) groups excluding carboxylic acids is 1. The molecule has 0 radical (unpaired) electrons. The van der Waals surface area contributed by atoms with Gasteiger partial charge >= 0.3 is 0 Å². The van der Waals surface area contributed by atoms with Gasteiger partial charge < -0.3 is 15.4 Å². The topological polar surface area (TPSA) is 58.8 Å². The highest BCUT2D eigenvalue weighted by Crippen LogP contribution is 2.25. The maximum absolute atomic E-state index is 11.7. The van der Waals surface area contributed by atoms with Crippen LogP contribution in [-0.2, 0) is 17.9 Å². The van der Waals surface area contributed by atoms with Crippen LogP contribution >= 0.6 is 0 Å². The summed E-state index contributed by atoms with van der Waals surface area (Å²) in [6.07, 6.45) is 1.73. The number of rotatable bonds is 4. The Morgan fingerprint density at radius 2 is 2.24 bits per heavy atom. The molecule has 2 N–H and O–H groups in total. The van der Waals surface area contributed by atoms with Gasteiger partial charge in [-0.05, 0) is 24.1 Å². The van der Waals surface area contributed by atoms with Crippen molar-refractivity contribution < 1.29 is 9.53 Å². The first-order chi connectivity index (χ1) is 10.2. The van der Waals surface area contributed by atoms with Crippen LogP contribution in [0.15, 0.2) is 18.2 Å². The maximum atomic E-state index is 11.7. The van der Waals surface area contributed by atoms with Crippen LogP contribution in [0.5, 0.6) is 5.75 Å². The van der Waals surface area contributed by atoms with Gasteiger partial charge in [0.1, 0.15) is 5.75 Å². The van der Waals surface area contributed by atoms with Crippen molar-refractivity contribution in [3.63, 3.8) is 0 Å². The third kappa shape index (κ3) is 2.89. The molecule has 114 valence electrons. The van der Waals surface area contributed by atoms with Crippen molar-refractivity contribution in [3.8, 4) is 5.75 Å². The molecule has 2 aliphatic heterocycles. The van der Waals surface area contributed by atoms with Crippen LogP contribution in [0.3, 0.4) is 0 Å². The highest BCUT2D eigenvalue weighted by atomic mass is 16.5. The van der Waals surface area contributed by atoms with Crippen LogP contribution < -0.4 is 10.5 Å². The van der Waals surface area contributed by atoms with Crippen molar-refractivity contribution in [2.45, 2.75) is 32.0 Å². The number of ether oxygens (including phenoxy) is 1. The average molecular weight is 289 g/mol. The lowest BCUT2D eigenvalue weighted by Gasteiger charge is -2.37. The smallest absolute Gasteiger partial charge is 0.222 e. The summed E-state index contributed by atoms with van der Waals surface area (Å²) in [4.78, 5) is 16.2. The fraction of sp³-hybridized carbons (Fsp3) is 0.562. The zero-order valence-corrected chi connectivity index (χ0v) is 12.5. The van der Waals surface area contributed by atoms with E-state index in [0.717, 1.165) is 50.3 Å². The van der Waals surface area contributed by atoms with Gasteiger partial charge in [0.15, 0.2) is 0 Å². The molecule has 3 rings (SSSR count). The van der Waals surface area contributed by atoms with E-state index in [1.165, 1.54) is 5.56 Å². The summed E-state index contributed by atoms with van der Waals surface area (Å²) < 4.78 is 5.31. The summed E-state index contributed by atoms with van der Waals surface area (Å²) >= 11 is 0. The van der Waals surface area contributed by atoms with Crippen molar-refractivity contribution in [2.24, 2.45) is 5.73 Å². The number of hydrogen-bond acceptors (Lipinski definition) is 4. The molecule has 2 aliphatic rings. The number of amides is 1. The summed E-state index contributed by atoms with van der Waals surface area (Å²) in [7, 11) is 1.67. The van der Waals surface area contributed by atoms with Crippen molar-refractivity contribution in [3.05, 3.63) is 29.3 Å². The number of piperazine rings is 1. The van der Waals surface area contributed by atoms with Gasteiger partial charge in [-0.3, -0.25) is 9.69 Å². The molecule has 21 heavy (non-hydrogen) atoms. The van der Waals surface area contributed by atoms with Crippen LogP contribution in [-0.4, -0.2) is 48.5 Å². The van der Waals surface area contributed by atoms with E-state index in [2.05, 4.69) is 21.9 Å². The molecule has 1 amide bonds. The van der Waals surface area contributed by atoms with Crippen LogP contribution in [0.25, 0.3) is 0 Å². The van der Waals surface area contributed by atoms with Crippen molar-refractivity contribution >= 4 is 5.91 Å². The Bertz CT molecular complexity index is 532. The molecule has 5 nitrogen and oxygen atoms in total. The maximum Gasteiger partial charge on any atom is 0.222 e. The largest absolute Gasteiger partial charge is 0.496 e. The van der Waals surface area contributed by atoms with Crippen LogP contribution in [0.2, 0.25) is 0 Å². The standard InChI is InChI=1S/C16H23N3O2/c1-21-15-4-2-12(8-13(15)9-17)10-18-6-7-19-14(11-18)3-5-16(19)20/h2,4,8,14H,3,5-7,9-11,17H2,1H3. The Labute approximate surface area is 125 Å². The molecule has 1 aromatic carbocycles. The normalized spacial score (nSPS) is 22.5. The second-order valence-corrected chi connectivity index (χ2v) is 5.87. The molecular weight excluding hydrogens is 266 g/mol. The molecule has 5 heteroatoms. The number of nitrogens with two attached hydrogens (primary N) is 1. The first kappa shape index (κ1) is 14.4. The third-order valence-electron chi connectivity index (χ3n) is 4.55. The predicted molar refractivity (Wildman–Crippen MR) is 80.9 cm³/mol. The van der Waals surface area contributed by atoms with Gasteiger partial charge in [0.05, 0.1) is 7.11 Å². The van der Waals surface area contributed by atoms with E-state index < -0.39 is 0 Å². The van der Waals surface area contributed by atoms with E-state index in [9.17, 15) is 4.79 Å². The number of benzene rings is 1. The number of fused-ring (bicyclic) bond motifs is 1. The SMILES string of the molecule is COc1ccc(CN2CCN3C(=O)CCC3C2)cc1CN. The number of carbonyl (C=O) groups is 1. The van der Waals surface area contributed by atoms with Gasteiger partial charge in [-0.2, -0.15) is 0 Å². The molecule has 2 fully saturated rings. The number of methoxy groups -OCH3 is 1. The highest BCUT2D eigenvalue weighted by molar-refractivity contribution is 5.78. The molecule has 0 aliphatic carbocycles. The summed E-state index contributed by atoms with van der Waals surface area (Å²) in [5.74, 6) is 1.18. The van der Waals surface area contributed by atoms with E-state index in [1.807, 2.05) is 6.07 Å². The predicted octanol–water partition coefficient (Wildman–Crippen LogP) is 0.960. The monoisotopic (exact) mass is 289 g/mol. The first-order valence-electron chi connectivity index (χ1n) is 7.59. The minimum atomic E-state index is 0.328. The van der Waals surface area contributed by atoms with Gasteiger partial charge in [-0.15, -0.1) is 0 Å². The zero-order chi connectivity index (χ0) is 14.8. The first-order valence-corrected chi connectivity index (χ1v) is 7.59. The van der Waals surface area contributed by atoms with Gasteiger partial charge in [0, 0.05) is 50.7 Å². The van der Waals surface area contributed by atoms with E-state index in [1.54, 1.807) is 7.11 Å². The zero-order valence-electron chi connectivity index (χ0n) is 12.5. The van der Waals surface area contributed by atoms with Crippen LogP contribution in [0, 0.1) is 0 Å². The second kappa shape index (κ2) is 6.03. The minimum absolute atomic E-state index is 0.328. The molecule has 0 spiro atoms. The van der Waals surface area contributed by atoms with E-state index in [0.29, 0.717) is 18.5 Å². The quantitative estimate of drug-likeness (QED) is 0.897. The summed E-state index contributed by atoms with van der Waals surface area (Å²) in [5.41, 5.74) is 8.08. The van der Waals surface area contributed by atoms with Crippen molar-refractivity contribution in [1.82, 2.24) is 9.80 Å². The number of hydrogen-bond donors (Lipinski definition) is 1. The lowest BCUT2D eigenvalue weighted by atomic mass is 10.1. The number of nitrogens with zero attached hydrogens (tertiary/aromatic N) is 2.